The van der Waals surface area contributed by atoms with Crippen molar-refractivity contribution >= 4 is 28.7 Å². The number of benzene rings is 2. The molecule has 0 amide bonds. The molecule has 0 saturated heterocycles. The summed E-state index contributed by atoms with van der Waals surface area (Å²) in [7, 11) is 0. The summed E-state index contributed by atoms with van der Waals surface area (Å²) in [6.45, 7) is 4.31. The van der Waals surface area contributed by atoms with Crippen LogP contribution in [0, 0.1) is 6.92 Å². The molecular formula is C23H21NO3. The molecule has 4 heteroatoms. The normalized spacial score (nSPS) is 14.7. The van der Waals surface area contributed by atoms with E-state index in [-0.39, 0.29) is 18.3 Å². The number of hydrogen-bond acceptors (Lipinski definition) is 3. The molecule has 0 aliphatic heterocycles. The second-order valence-electron chi connectivity index (χ2n) is 6.74. The van der Waals surface area contributed by atoms with Gasteiger partial charge in [0.05, 0.1) is 6.61 Å². The summed E-state index contributed by atoms with van der Waals surface area (Å²) in [5, 5.41) is 1.04. The molecule has 0 saturated carbocycles. The highest BCUT2D eigenvalue weighted by molar-refractivity contribution is 6.16. The minimum atomic E-state index is -0.259. The molecular weight excluding hydrogens is 338 g/mol. The van der Waals surface area contributed by atoms with Crippen molar-refractivity contribution in [1.29, 1.82) is 0 Å². The first-order chi connectivity index (χ1) is 13.1. The lowest BCUT2D eigenvalue weighted by Crippen LogP contribution is -2.14. The van der Waals surface area contributed by atoms with Gasteiger partial charge in [0.25, 0.3) is 0 Å². The molecule has 3 aromatic rings. The van der Waals surface area contributed by atoms with Crippen LogP contribution in [0.1, 0.15) is 34.1 Å². The van der Waals surface area contributed by atoms with Gasteiger partial charge in [-0.1, -0.05) is 42.5 Å². The molecule has 0 unspecified atom stereocenters. The number of esters is 1. The van der Waals surface area contributed by atoms with Gasteiger partial charge in [0, 0.05) is 39.7 Å². The lowest BCUT2D eigenvalue weighted by atomic mass is 10.0. The van der Waals surface area contributed by atoms with Crippen LogP contribution in [0.4, 0.5) is 0 Å². The van der Waals surface area contributed by atoms with Crippen LogP contribution < -0.4 is 0 Å². The quantitative estimate of drug-likeness (QED) is 0.514. The molecule has 136 valence electrons. The summed E-state index contributed by atoms with van der Waals surface area (Å²) in [6, 6.07) is 15.7. The number of ether oxygens (including phenoxy) is 1. The third-order valence-electron chi connectivity index (χ3n) is 5.13. The van der Waals surface area contributed by atoms with Gasteiger partial charge in [0.15, 0.2) is 5.78 Å². The Morgan fingerprint density at radius 2 is 1.89 bits per heavy atom. The lowest BCUT2D eigenvalue weighted by Gasteiger charge is -2.07. The highest BCUT2D eigenvalue weighted by Crippen LogP contribution is 2.32. The highest BCUT2D eigenvalue weighted by atomic mass is 16.5. The third-order valence-corrected chi connectivity index (χ3v) is 5.13. The second kappa shape index (κ2) is 6.88. The molecule has 1 aliphatic rings. The van der Waals surface area contributed by atoms with Gasteiger partial charge in [-0.25, -0.2) is 0 Å². The lowest BCUT2D eigenvalue weighted by molar-refractivity contribution is -0.143. The van der Waals surface area contributed by atoms with Crippen LogP contribution in [0.2, 0.25) is 0 Å². The van der Waals surface area contributed by atoms with E-state index in [2.05, 4.69) is 0 Å². The van der Waals surface area contributed by atoms with Crippen LogP contribution in [-0.2, 0) is 22.5 Å². The maximum atomic E-state index is 12.8. The average Bonchev–Trinajstić information content (AvgIpc) is 3.12. The van der Waals surface area contributed by atoms with Crippen LogP contribution >= 0.6 is 0 Å². The largest absolute Gasteiger partial charge is 0.465 e. The van der Waals surface area contributed by atoms with Gasteiger partial charge in [-0.05, 0) is 31.6 Å². The predicted molar refractivity (Wildman–Crippen MR) is 106 cm³/mol. The smallest absolute Gasteiger partial charge is 0.325 e. The van der Waals surface area contributed by atoms with E-state index in [0.717, 1.165) is 38.9 Å². The molecule has 0 spiro atoms. The molecule has 0 fully saturated rings. The number of allylic oxidation sites excluding steroid dienone is 1. The molecule has 4 nitrogen and oxygen atoms in total. The summed E-state index contributed by atoms with van der Waals surface area (Å²) in [5.41, 5.74) is 5.57. The minimum absolute atomic E-state index is 0.0900. The highest BCUT2D eigenvalue weighted by Gasteiger charge is 2.25. The Balaban J connectivity index is 1.80. The number of carbonyl (C=O) groups is 2. The number of rotatable bonds is 4. The topological polar surface area (TPSA) is 48.3 Å². The van der Waals surface area contributed by atoms with Crippen LogP contribution in [0.5, 0.6) is 0 Å². The van der Waals surface area contributed by atoms with Gasteiger partial charge in [-0.2, -0.15) is 0 Å². The summed E-state index contributed by atoms with van der Waals surface area (Å²) < 4.78 is 7.09. The Kier molecular flexibility index (Phi) is 4.40. The Morgan fingerprint density at radius 1 is 1.15 bits per heavy atom. The van der Waals surface area contributed by atoms with Crippen LogP contribution in [-0.4, -0.2) is 22.9 Å². The summed E-state index contributed by atoms with van der Waals surface area (Å²) in [5.74, 6) is -0.169. The van der Waals surface area contributed by atoms with Gasteiger partial charge in [-0.3, -0.25) is 9.59 Å². The first kappa shape index (κ1) is 17.3. The number of ketones is 1. The first-order valence-electron chi connectivity index (χ1n) is 9.16. The Morgan fingerprint density at radius 3 is 2.67 bits per heavy atom. The monoisotopic (exact) mass is 359 g/mol. The van der Waals surface area contributed by atoms with E-state index in [1.54, 1.807) is 6.92 Å². The number of Topliss-reactive ketones (excluding diaryl/α,β-unsaturated/α-hetero) is 1. The number of nitrogens with zero attached hydrogens (tertiary/aromatic N) is 1. The molecule has 0 radical (unpaired) electrons. The number of hydrogen-bond donors (Lipinski definition) is 0. The molecule has 2 aromatic carbocycles. The molecule has 1 aromatic heterocycles. The number of carbonyl (C=O) groups excluding carboxylic acids is 2. The van der Waals surface area contributed by atoms with Gasteiger partial charge in [-0.15, -0.1) is 0 Å². The van der Waals surface area contributed by atoms with Crippen molar-refractivity contribution in [2.24, 2.45) is 0 Å². The number of aromatic nitrogens is 1. The maximum Gasteiger partial charge on any atom is 0.325 e. The van der Waals surface area contributed by atoms with Crippen LogP contribution in [0.25, 0.3) is 17.0 Å². The fraction of sp³-hybridized carbons (Fsp3) is 0.217. The molecule has 0 bridgehead atoms. The van der Waals surface area contributed by atoms with Crippen molar-refractivity contribution in [2.45, 2.75) is 26.8 Å². The van der Waals surface area contributed by atoms with Crippen molar-refractivity contribution in [3.8, 4) is 0 Å². The second-order valence-corrected chi connectivity index (χ2v) is 6.74. The number of para-hydroxylation sites is 1. The minimum Gasteiger partial charge on any atom is -0.465 e. The van der Waals surface area contributed by atoms with E-state index < -0.39 is 0 Å². The molecule has 1 aliphatic carbocycles. The predicted octanol–water partition coefficient (Wildman–Crippen LogP) is 4.34. The van der Waals surface area contributed by atoms with E-state index in [0.29, 0.717) is 13.0 Å². The first-order valence-corrected chi connectivity index (χ1v) is 9.16. The zero-order valence-electron chi connectivity index (χ0n) is 15.5. The van der Waals surface area contributed by atoms with E-state index in [1.807, 2.05) is 66.1 Å². The zero-order valence-corrected chi connectivity index (χ0v) is 15.5. The molecule has 0 N–H and O–H groups in total. The Hall–Kier alpha value is -3.14. The van der Waals surface area contributed by atoms with Crippen LogP contribution in [0.3, 0.4) is 0 Å². The Bertz CT molecular complexity index is 1090. The maximum absolute atomic E-state index is 12.8. The molecule has 1 heterocycles. The van der Waals surface area contributed by atoms with Gasteiger partial charge >= 0.3 is 5.97 Å². The summed E-state index contributed by atoms with van der Waals surface area (Å²) >= 11 is 0. The summed E-state index contributed by atoms with van der Waals surface area (Å²) in [6.07, 6.45) is 2.63. The molecule has 0 atom stereocenters. The zero-order chi connectivity index (χ0) is 19.0. The van der Waals surface area contributed by atoms with E-state index in [9.17, 15) is 9.59 Å². The van der Waals surface area contributed by atoms with E-state index in [4.69, 9.17) is 4.74 Å². The fourth-order valence-corrected chi connectivity index (χ4v) is 3.82. The van der Waals surface area contributed by atoms with Gasteiger partial charge in [0.2, 0.25) is 0 Å². The SMILES string of the molecule is CCOC(=O)Cn1c(C)c(/C=C2\Cc3ccccc3C2=O)c2ccccc21. The van der Waals surface area contributed by atoms with Gasteiger partial charge in [0.1, 0.15) is 6.54 Å². The summed E-state index contributed by atoms with van der Waals surface area (Å²) in [4.78, 5) is 24.8. The Labute approximate surface area is 158 Å². The van der Waals surface area contributed by atoms with Crippen molar-refractivity contribution in [2.75, 3.05) is 6.61 Å². The van der Waals surface area contributed by atoms with Gasteiger partial charge < -0.3 is 9.30 Å². The molecule has 4 rings (SSSR count). The van der Waals surface area contributed by atoms with Crippen molar-refractivity contribution in [1.82, 2.24) is 4.57 Å². The van der Waals surface area contributed by atoms with E-state index >= 15 is 0 Å². The third kappa shape index (κ3) is 2.97. The average molecular weight is 359 g/mol. The van der Waals surface area contributed by atoms with Crippen molar-refractivity contribution < 1.29 is 14.3 Å². The van der Waals surface area contributed by atoms with E-state index in [1.165, 1.54) is 0 Å². The number of fused-ring (bicyclic) bond motifs is 2. The molecule has 27 heavy (non-hydrogen) atoms. The van der Waals surface area contributed by atoms with Crippen molar-refractivity contribution in [3.05, 3.63) is 76.5 Å². The van der Waals surface area contributed by atoms with Crippen LogP contribution in [0.15, 0.2) is 54.1 Å². The standard InChI is InChI=1S/C23H21NO3/c1-3-27-22(25)14-24-15(2)20(19-10-6-7-11-21(19)24)13-17-12-16-8-4-5-9-18(16)23(17)26/h4-11,13H,3,12,14H2,1-2H3/b17-13+. The fourth-order valence-electron chi connectivity index (χ4n) is 3.82. The van der Waals surface area contributed by atoms with Crippen molar-refractivity contribution in [3.63, 3.8) is 0 Å².